The lowest BCUT2D eigenvalue weighted by Gasteiger charge is -2.18. The summed E-state index contributed by atoms with van der Waals surface area (Å²) in [4.78, 5) is 12.7. The van der Waals surface area contributed by atoms with Gasteiger partial charge in [0, 0.05) is 11.1 Å². The molecule has 5 heteroatoms. The molecule has 0 saturated carbocycles. The SMILES string of the molecule is CCOc1cc(C=C2CCc3cc(O)ccc3C2=O)cc(Cl)c1OC. The predicted octanol–water partition coefficient (Wildman–Crippen LogP) is 4.67. The van der Waals surface area contributed by atoms with Crippen molar-refractivity contribution in [1.82, 2.24) is 0 Å². The molecule has 0 amide bonds. The normalized spacial score (nSPS) is 15.2. The van der Waals surface area contributed by atoms with E-state index >= 15 is 0 Å². The fourth-order valence-corrected chi connectivity index (χ4v) is 3.33. The monoisotopic (exact) mass is 358 g/mol. The van der Waals surface area contributed by atoms with Gasteiger partial charge >= 0.3 is 0 Å². The molecule has 0 radical (unpaired) electrons. The average Bonchev–Trinajstić information content (AvgIpc) is 2.57. The van der Waals surface area contributed by atoms with E-state index in [0.717, 1.165) is 11.1 Å². The van der Waals surface area contributed by atoms with E-state index in [4.69, 9.17) is 21.1 Å². The molecular weight excluding hydrogens is 340 g/mol. The Hall–Kier alpha value is -2.46. The second-order valence-electron chi connectivity index (χ2n) is 5.81. The maximum absolute atomic E-state index is 12.7. The summed E-state index contributed by atoms with van der Waals surface area (Å²) in [5.41, 5.74) is 3.02. The number of allylic oxidation sites excluding steroid dienone is 1. The van der Waals surface area contributed by atoms with E-state index < -0.39 is 0 Å². The van der Waals surface area contributed by atoms with Gasteiger partial charge in [0.15, 0.2) is 17.3 Å². The number of hydrogen-bond donors (Lipinski definition) is 1. The third-order valence-corrected chi connectivity index (χ3v) is 4.45. The third-order valence-electron chi connectivity index (χ3n) is 4.17. The van der Waals surface area contributed by atoms with E-state index in [-0.39, 0.29) is 11.5 Å². The summed E-state index contributed by atoms with van der Waals surface area (Å²) in [5.74, 6) is 1.20. The van der Waals surface area contributed by atoms with E-state index in [1.807, 2.05) is 19.1 Å². The number of ketones is 1. The molecule has 2 aromatic rings. The van der Waals surface area contributed by atoms with Crippen molar-refractivity contribution in [3.8, 4) is 17.2 Å². The van der Waals surface area contributed by atoms with Gasteiger partial charge in [-0.25, -0.2) is 0 Å². The van der Waals surface area contributed by atoms with E-state index in [0.29, 0.717) is 47.1 Å². The first-order chi connectivity index (χ1) is 12.0. The van der Waals surface area contributed by atoms with Crippen LogP contribution in [0.25, 0.3) is 6.08 Å². The zero-order chi connectivity index (χ0) is 18.0. The number of methoxy groups -OCH3 is 1. The maximum Gasteiger partial charge on any atom is 0.189 e. The first-order valence-corrected chi connectivity index (χ1v) is 8.48. The summed E-state index contributed by atoms with van der Waals surface area (Å²) in [6, 6.07) is 8.45. The van der Waals surface area contributed by atoms with Crippen molar-refractivity contribution in [2.75, 3.05) is 13.7 Å². The Morgan fingerprint density at radius 1 is 1.24 bits per heavy atom. The van der Waals surface area contributed by atoms with Crippen molar-refractivity contribution >= 4 is 23.5 Å². The van der Waals surface area contributed by atoms with Crippen LogP contribution in [0.15, 0.2) is 35.9 Å². The molecule has 0 atom stereocenters. The van der Waals surface area contributed by atoms with Gasteiger partial charge in [-0.05, 0) is 67.3 Å². The van der Waals surface area contributed by atoms with Crippen molar-refractivity contribution in [3.63, 3.8) is 0 Å². The first kappa shape index (κ1) is 17.4. The van der Waals surface area contributed by atoms with Crippen LogP contribution in [0.4, 0.5) is 0 Å². The molecule has 0 saturated heterocycles. The Balaban J connectivity index is 1.98. The summed E-state index contributed by atoms with van der Waals surface area (Å²) in [6.07, 6.45) is 3.17. The highest BCUT2D eigenvalue weighted by atomic mass is 35.5. The van der Waals surface area contributed by atoms with E-state index in [2.05, 4.69) is 0 Å². The standard InChI is InChI=1S/C20H19ClO4/c1-3-25-18-10-12(9-17(21)20(18)24-2)8-14-5-4-13-11-15(22)6-7-16(13)19(14)23/h6-11,22H,3-5H2,1-2H3. The smallest absolute Gasteiger partial charge is 0.189 e. The number of carbonyl (C=O) groups excluding carboxylic acids is 1. The number of phenols is 1. The van der Waals surface area contributed by atoms with Crippen molar-refractivity contribution < 1.29 is 19.4 Å². The number of aromatic hydroxyl groups is 1. The van der Waals surface area contributed by atoms with Crippen LogP contribution in [0.1, 0.15) is 34.8 Å². The molecule has 0 aromatic heterocycles. The Kier molecular flexibility index (Phi) is 5.00. The molecule has 25 heavy (non-hydrogen) atoms. The van der Waals surface area contributed by atoms with Crippen LogP contribution >= 0.6 is 11.6 Å². The topological polar surface area (TPSA) is 55.8 Å². The number of Topliss-reactive ketones (excluding diaryl/α,β-unsaturated/α-hetero) is 1. The van der Waals surface area contributed by atoms with Crippen LogP contribution in [0.3, 0.4) is 0 Å². The number of carbonyl (C=O) groups is 1. The zero-order valence-corrected chi connectivity index (χ0v) is 14.9. The van der Waals surface area contributed by atoms with E-state index in [1.165, 1.54) is 6.07 Å². The number of benzene rings is 2. The minimum atomic E-state index is -0.0221. The highest BCUT2D eigenvalue weighted by Gasteiger charge is 2.22. The van der Waals surface area contributed by atoms with Gasteiger partial charge in [0.1, 0.15) is 5.75 Å². The number of hydrogen-bond acceptors (Lipinski definition) is 4. The number of rotatable bonds is 4. The van der Waals surface area contributed by atoms with E-state index in [9.17, 15) is 9.90 Å². The lowest BCUT2D eigenvalue weighted by molar-refractivity contribution is 0.102. The summed E-state index contributed by atoms with van der Waals surface area (Å²) < 4.78 is 10.9. The van der Waals surface area contributed by atoms with Crippen molar-refractivity contribution in [2.24, 2.45) is 0 Å². The highest BCUT2D eigenvalue weighted by Crippen LogP contribution is 2.37. The summed E-state index contributed by atoms with van der Waals surface area (Å²) in [7, 11) is 1.54. The molecule has 0 aliphatic heterocycles. The lowest BCUT2D eigenvalue weighted by Crippen LogP contribution is -2.13. The maximum atomic E-state index is 12.7. The number of phenolic OH excluding ortho intramolecular Hbond substituents is 1. The molecule has 0 bridgehead atoms. The molecule has 1 aliphatic rings. The number of fused-ring (bicyclic) bond motifs is 1. The molecule has 0 unspecified atom stereocenters. The van der Waals surface area contributed by atoms with Gasteiger partial charge in [-0.15, -0.1) is 0 Å². The Morgan fingerprint density at radius 3 is 2.76 bits per heavy atom. The number of halogens is 1. The van der Waals surface area contributed by atoms with Gasteiger partial charge in [-0.1, -0.05) is 11.6 Å². The molecule has 0 heterocycles. The van der Waals surface area contributed by atoms with Gasteiger partial charge in [0.05, 0.1) is 18.7 Å². The Labute approximate surface area is 151 Å². The van der Waals surface area contributed by atoms with Gasteiger partial charge in [-0.3, -0.25) is 4.79 Å². The van der Waals surface area contributed by atoms with E-state index in [1.54, 1.807) is 25.3 Å². The van der Waals surface area contributed by atoms with Crippen LogP contribution in [0, 0.1) is 0 Å². The Bertz CT molecular complexity index is 855. The summed E-state index contributed by atoms with van der Waals surface area (Å²) in [5, 5.41) is 10.0. The third kappa shape index (κ3) is 3.49. The van der Waals surface area contributed by atoms with Crippen LogP contribution in [-0.2, 0) is 6.42 Å². The molecule has 4 nitrogen and oxygen atoms in total. The summed E-state index contributed by atoms with van der Waals surface area (Å²) >= 11 is 6.28. The van der Waals surface area contributed by atoms with Gasteiger partial charge < -0.3 is 14.6 Å². The molecule has 3 rings (SSSR count). The first-order valence-electron chi connectivity index (χ1n) is 8.11. The number of aryl methyl sites for hydroxylation is 1. The molecule has 1 N–H and O–H groups in total. The van der Waals surface area contributed by atoms with Gasteiger partial charge in [0.25, 0.3) is 0 Å². The summed E-state index contributed by atoms with van der Waals surface area (Å²) in [6.45, 7) is 2.37. The van der Waals surface area contributed by atoms with Crippen LogP contribution < -0.4 is 9.47 Å². The van der Waals surface area contributed by atoms with Crippen molar-refractivity contribution in [2.45, 2.75) is 19.8 Å². The van der Waals surface area contributed by atoms with Crippen LogP contribution in [-0.4, -0.2) is 24.6 Å². The van der Waals surface area contributed by atoms with Gasteiger partial charge in [-0.2, -0.15) is 0 Å². The molecule has 130 valence electrons. The van der Waals surface area contributed by atoms with Gasteiger partial charge in [0.2, 0.25) is 0 Å². The quantitative estimate of drug-likeness (QED) is 0.807. The second kappa shape index (κ2) is 7.19. The molecule has 0 fully saturated rings. The zero-order valence-electron chi connectivity index (χ0n) is 14.1. The minimum absolute atomic E-state index is 0.0221. The van der Waals surface area contributed by atoms with Crippen molar-refractivity contribution in [1.29, 1.82) is 0 Å². The fourth-order valence-electron chi connectivity index (χ4n) is 3.04. The fraction of sp³-hybridized carbons (Fsp3) is 0.250. The molecule has 2 aromatic carbocycles. The van der Waals surface area contributed by atoms with Crippen LogP contribution in [0.5, 0.6) is 17.2 Å². The predicted molar refractivity (Wildman–Crippen MR) is 97.9 cm³/mol. The largest absolute Gasteiger partial charge is 0.508 e. The molecular formula is C20H19ClO4. The average molecular weight is 359 g/mol. The molecule has 0 spiro atoms. The number of ether oxygens (including phenoxy) is 2. The lowest BCUT2D eigenvalue weighted by atomic mass is 9.86. The van der Waals surface area contributed by atoms with Crippen molar-refractivity contribution in [3.05, 3.63) is 57.6 Å². The van der Waals surface area contributed by atoms with Crippen LogP contribution in [0.2, 0.25) is 5.02 Å². The Morgan fingerprint density at radius 2 is 2.04 bits per heavy atom. The second-order valence-corrected chi connectivity index (χ2v) is 6.21. The highest BCUT2D eigenvalue weighted by molar-refractivity contribution is 6.32. The molecule has 1 aliphatic carbocycles. The minimum Gasteiger partial charge on any atom is -0.508 e.